The average Bonchev–Trinajstić information content (AvgIpc) is 1.88. The molecule has 0 spiro atoms. The lowest BCUT2D eigenvalue weighted by molar-refractivity contribution is -0.132. The van der Waals surface area contributed by atoms with Gasteiger partial charge < -0.3 is 10.8 Å². The molecular weight excluding hydrogens is 166 g/mol. The third-order valence-electron chi connectivity index (χ3n) is 1.02. The molecule has 0 aliphatic heterocycles. The summed E-state index contributed by atoms with van der Waals surface area (Å²) < 4.78 is 0. The third kappa shape index (κ3) is 2.47. The van der Waals surface area contributed by atoms with Crippen molar-refractivity contribution in [2.75, 3.05) is 0 Å². The number of nitrogens with two attached hydrogens (primary N) is 1. The molecule has 0 unspecified atom stereocenters. The van der Waals surface area contributed by atoms with Crippen LogP contribution < -0.4 is 5.73 Å². The molecule has 0 amide bonds. The van der Waals surface area contributed by atoms with Gasteiger partial charge in [0.25, 0.3) is 0 Å². The van der Waals surface area contributed by atoms with E-state index < -0.39 is 5.97 Å². The lowest BCUT2D eigenvalue weighted by Crippen LogP contribution is -2.08. The van der Waals surface area contributed by atoms with Crippen molar-refractivity contribution >= 4 is 17.6 Å². The molecule has 11 heavy (non-hydrogen) atoms. The smallest absolute Gasteiger partial charge is 0.337 e. The molecule has 0 saturated carbocycles. The lowest BCUT2D eigenvalue weighted by atomic mass is 10.2. The molecular formula is C7H8ClNO2. The van der Waals surface area contributed by atoms with E-state index in [1.54, 1.807) is 0 Å². The number of aliphatic carboxylic acids is 1. The predicted octanol–water partition coefficient (Wildman–Crippen LogP) is 1.22. The topological polar surface area (TPSA) is 63.3 Å². The van der Waals surface area contributed by atoms with Crippen molar-refractivity contribution in [1.82, 2.24) is 0 Å². The fourth-order valence-electron chi connectivity index (χ4n) is 0.459. The molecule has 0 aromatic carbocycles. The van der Waals surface area contributed by atoms with Crippen molar-refractivity contribution in [2.24, 2.45) is 5.73 Å². The minimum Gasteiger partial charge on any atom is -0.478 e. The van der Waals surface area contributed by atoms with Crippen LogP contribution in [-0.4, -0.2) is 11.1 Å². The van der Waals surface area contributed by atoms with E-state index in [0.717, 1.165) is 6.08 Å². The lowest BCUT2D eigenvalue weighted by Gasteiger charge is -2.00. The van der Waals surface area contributed by atoms with Crippen molar-refractivity contribution in [3.05, 3.63) is 35.5 Å². The highest BCUT2D eigenvalue weighted by atomic mass is 35.5. The first-order chi connectivity index (χ1) is 5.00. The Labute approximate surface area is 69.5 Å². The minimum absolute atomic E-state index is 0.00213. The Morgan fingerprint density at radius 2 is 2.09 bits per heavy atom. The van der Waals surface area contributed by atoms with Gasteiger partial charge in [0.1, 0.15) is 0 Å². The first-order valence-electron chi connectivity index (χ1n) is 2.71. The maximum Gasteiger partial charge on any atom is 0.337 e. The number of rotatable bonds is 3. The van der Waals surface area contributed by atoms with E-state index in [9.17, 15) is 4.79 Å². The summed E-state index contributed by atoms with van der Waals surface area (Å²) in [4.78, 5) is 10.4. The van der Waals surface area contributed by atoms with Crippen molar-refractivity contribution < 1.29 is 9.90 Å². The number of halogens is 1. The van der Waals surface area contributed by atoms with Gasteiger partial charge in [-0.3, -0.25) is 0 Å². The Morgan fingerprint density at radius 3 is 2.18 bits per heavy atom. The highest BCUT2D eigenvalue weighted by Gasteiger charge is 2.08. The van der Waals surface area contributed by atoms with Crippen LogP contribution in [0.3, 0.4) is 0 Å². The molecule has 0 bridgehead atoms. The van der Waals surface area contributed by atoms with Crippen LogP contribution in [0.25, 0.3) is 0 Å². The molecule has 0 aromatic heterocycles. The minimum atomic E-state index is -1.17. The Kier molecular flexibility index (Phi) is 3.40. The monoisotopic (exact) mass is 173 g/mol. The molecule has 0 aliphatic carbocycles. The maximum atomic E-state index is 10.4. The van der Waals surface area contributed by atoms with Gasteiger partial charge in [-0.2, -0.15) is 0 Å². The van der Waals surface area contributed by atoms with Gasteiger partial charge in [0.2, 0.25) is 0 Å². The van der Waals surface area contributed by atoms with Gasteiger partial charge in [0.15, 0.2) is 0 Å². The normalized spacial score (nSPS) is 11.7. The van der Waals surface area contributed by atoms with Crippen molar-refractivity contribution in [1.29, 1.82) is 0 Å². The summed E-state index contributed by atoms with van der Waals surface area (Å²) >= 11 is 5.36. The Bertz CT molecular complexity index is 243. The van der Waals surface area contributed by atoms with Crippen LogP contribution in [0.4, 0.5) is 0 Å². The van der Waals surface area contributed by atoms with Gasteiger partial charge in [-0.05, 0) is 0 Å². The summed E-state index contributed by atoms with van der Waals surface area (Å²) in [6.45, 7) is 6.55. The highest BCUT2D eigenvalue weighted by Crippen LogP contribution is 2.11. The molecule has 0 fully saturated rings. The van der Waals surface area contributed by atoms with Crippen LogP contribution in [0.2, 0.25) is 0 Å². The Morgan fingerprint density at radius 1 is 1.64 bits per heavy atom. The standard InChI is InChI=1S/C7H8ClNO2/c1-3-5(7(10)11)6(9)4(2)8/h3H,1-2,9H2,(H,10,11)/b6-5-. The summed E-state index contributed by atoms with van der Waals surface area (Å²) in [6, 6.07) is 0. The summed E-state index contributed by atoms with van der Waals surface area (Å²) in [5, 5.41) is 8.49. The summed E-state index contributed by atoms with van der Waals surface area (Å²) in [7, 11) is 0. The van der Waals surface area contributed by atoms with Crippen molar-refractivity contribution in [3.63, 3.8) is 0 Å². The van der Waals surface area contributed by atoms with E-state index >= 15 is 0 Å². The van der Waals surface area contributed by atoms with Gasteiger partial charge in [0.05, 0.1) is 16.3 Å². The van der Waals surface area contributed by atoms with Crippen LogP contribution in [0, 0.1) is 0 Å². The zero-order chi connectivity index (χ0) is 9.02. The zero-order valence-corrected chi connectivity index (χ0v) is 6.56. The summed E-state index contributed by atoms with van der Waals surface area (Å²) in [5.41, 5.74) is 5.07. The fourth-order valence-corrected chi connectivity index (χ4v) is 0.560. The molecule has 0 radical (unpaired) electrons. The van der Waals surface area contributed by atoms with Crippen molar-refractivity contribution in [3.8, 4) is 0 Å². The Balaban J connectivity index is 4.99. The van der Waals surface area contributed by atoms with Crippen molar-refractivity contribution in [2.45, 2.75) is 0 Å². The molecule has 3 N–H and O–H groups in total. The van der Waals surface area contributed by atoms with E-state index in [1.807, 2.05) is 0 Å². The second kappa shape index (κ2) is 3.83. The van der Waals surface area contributed by atoms with E-state index in [-0.39, 0.29) is 16.3 Å². The quantitative estimate of drug-likeness (QED) is 0.498. The number of carbonyl (C=O) groups is 1. The Hall–Kier alpha value is -1.22. The second-order valence-corrected chi connectivity index (χ2v) is 2.20. The molecule has 4 heteroatoms. The first-order valence-corrected chi connectivity index (χ1v) is 3.08. The van der Waals surface area contributed by atoms with Crippen LogP contribution in [-0.2, 0) is 4.79 Å². The van der Waals surface area contributed by atoms with Gasteiger partial charge in [-0.1, -0.05) is 30.8 Å². The van der Waals surface area contributed by atoms with E-state index in [1.165, 1.54) is 0 Å². The SMILES string of the molecule is C=C/C(C(=O)O)=C(/N)C(=C)Cl. The van der Waals surface area contributed by atoms with E-state index in [0.29, 0.717) is 0 Å². The highest BCUT2D eigenvalue weighted by molar-refractivity contribution is 6.32. The first kappa shape index (κ1) is 9.78. The summed E-state index contributed by atoms with van der Waals surface area (Å²) in [5.74, 6) is -1.17. The van der Waals surface area contributed by atoms with Gasteiger partial charge in [0, 0.05) is 0 Å². The molecule has 60 valence electrons. The molecule has 0 heterocycles. The predicted molar refractivity (Wildman–Crippen MR) is 44.0 cm³/mol. The van der Waals surface area contributed by atoms with Gasteiger partial charge in [-0.15, -0.1) is 0 Å². The molecule has 0 aromatic rings. The van der Waals surface area contributed by atoms with Gasteiger partial charge >= 0.3 is 5.97 Å². The fraction of sp³-hybridized carbons (Fsp3) is 0. The van der Waals surface area contributed by atoms with E-state index in [4.69, 9.17) is 22.4 Å². The third-order valence-corrected chi connectivity index (χ3v) is 1.22. The molecule has 0 saturated heterocycles. The molecule has 3 nitrogen and oxygen atoms in total. The number of hydrogen-bond acceptors (Lipinski definition) is 2. The molecule has 0 rings (SSSR count). The number of allylic oxidation sites excluding steroid dienone is 1. The van der Waals surface area contributed by atoms with Crippen LogP contribution >= 0.6 is 11.6 Å². The van der Waals surface area contributed by atoms with Gasteiger partial charge in [-0.25, -0.2) is 4.79 Å². The van der Waals surface area contributed by atoms with Crippen LogP contribution in [0.1, 0.15) is 0 Å². The maximum absolute atomic E-state index is 10.4. The average molecular weight is 174 g/mol. The second-order valence-electron chi connectivity index (χ2n) is 1.74. The van der Waals surface area contributed by atoms with Crippen LogP contribution in [0.15, 0.2) is 35.5 Å². The molecule has 0 atom stereocenters. The summed E-state index contributed by atoms with van der Waals surface area (Å²) in [6.07, 6.45) is 1.12. The largest absolute Gasteiger partial charge is 0.478 e. The molecule has 0 aliphatic rings. The van der Waals surface area contributed by atoms with E-state index in [2.05, 4.69) is 13.2 Å². The number of hydrogen-bond donors (Lipinski definition) is 2. The number of carboxylic acids is 1. The van der Waals surface area contributed by atoms with Crippen LogP contribution in [0.5, 0.6) is 0 Å². The number of carboxylic acid groups (broad SMARTS) is 1. The zero-order valence-electron chi connectivity index (χ0n) is 5.80.